The Labute approximate surface area is 125 Å². The van der Waals surface area contributed by atoms with Gasteiger partial charge in [0.25, 0.3) is 0 Å². The van der Waals surface area contributed by atoms with Gasteiger partial charge in [-0.05, 0) is 36.6 Å². The van der Waals surface area contributed by atoms with Crippen LogP contribution in [0.15, 0.2) is 12.1 Å². The highest BCUT2D eigenvalue weighted by Crippen LogP contribution is 2.35. The fourth-order valence-electron chi connectivity index (χ4n) is 2.68. The summed E-state index contributed by atoms with van der Waals surface area (Å²) in [5.41, 5.74) is 1.04. The van der Waals surface area contributed by atoms with Crippen LogP contribution in [0.2, 0.25) is 5.02 Å². The van der Waals surface area contributed by atoms with Crippen LogP contribution in [0.4, 0.5) is 0 Å². The molecule has 1 aromatic rings. The van der Waals surface area contributed by atoms with Crippen LogP contribution in [0.1, 0.15) is 18.9 Å². The lowest BCUT2D eigenvalue weighted by molar-refractivity contribution is -0.00746. The summed E-state index contributed by atoms with van der Waals surface area (Å²) in [7, 11) is 3.30. The van der Waals surface area contributed by atoms with Crippen molar-refractivity contribution in [2.45, 2.75) is 26.0 Å². The fourth-order valence-corrected chi connectivity index (χ4v) is 2.91. The van der Waals surface area contributed by atoms with E-state index in [0.717, 1.165) is 31.6 Å². The summed E-state index contributed by atoms with van der Waals surface area (Å²) in [5, 5.41) is 10.1. The third kappa shape index (κ3) is 3.37. The number of methoxy groups -OCH3 is 2. The van der Waals surface area contributed by atoms with E-state index >= 15 is 0 Å². The molecule has 1 N–H and O–H groups in total. The number of benzene rings is 1. The molecule has 1 fully saturated rings. The molecule has 1 aromatic carbocycles. The van der Waals surface area contributed by atoms with Crippen molar-refractivity contribution in [2.24, 2.45) is 5.92 Å². The molecular formula is C15H22ClNO3. The normalized spacial score (nSPS) is 23.8. The number of likely N-dealkylation sites (tertiary alicyclic amines) is 1. The second-order valence-electron chi connectivity index (χ2n) is 5.40. The number of ether oxygens (including phenoxy) is 2. The highest BCUT2D eigenvalue weighted by atomic mass is 35.5. The minimum Gasteiger partial charge on any atom is -0.503 e. The molecule has 2 atom stereocenters. The van der Waals surface area contributed by atoms with Gasteiger partial charge in [-0.2, -0.15) is 0 Å². The maximum atomic E-state index is 9.75. The van der Waals surface area contributed by atoms with Gasteiger partial charge in [0.05, 0.1) is 18.2 Å². The molecule has 1 aliphatic rings. The van der Waals surface area contributed by atoms with E-state index < -0.39 is 0 Å². The second-order valence-corrected chi connectivity index (χ2v) is 5.81. The van der Waals surface area contributed by atoms with Crippen molar-refractivity contribution in [1.82, 2.24) is 4.90 Å². The Hall–Kier alpha value is -0.970. The first-order chi connectivity index (χ1) is 9.55. The van der Waals surface area contributed by atoms with Crippen LogP contribution < -0.4 is 4.74 Å². The third-order valence-electron chi connectivity index (χ3n) is 3.99. The Morgan fingerprint density at radius 1 is 1.40 bits per heavy atom. The molecule has 5 heteroatoms. The highest BCUT2D eigenvalue weighted by Gasteiger charge is 2.26. The molecule has 1 saturated heterocycles. The summed E-state index contributed by atoms with van der Waals surface area (Å²) in [6.45, 7) is 4.97. The van der Waals surface area contributed by atoms with Gasteiger partial charge < -0.3 is 14.6 Å². The molecule has 0 bridgehead atoms. The molecule has 2 rings (SSSR count). The number of hydrogen-bond acceptors (Lipinski definition) is 4. The van der Waals surface area contributed by atoms with E-state index in [0.29, 0.717) is 16.7 Å². The molecule has 0 aliphatic carbocycles. The Bertz CT molecular complexity index is 467. The third-order valence-corrected chi connectivity index (χ3v) is 4.28. The zero-order valence-electron chi connectivity index (χ0n) is 12.2. The second kappa shape index (κ2) is 6.66. The van der Waals surface area contributed by atoms with Crippen LogP contribution in [0.5, 0.6) is 11.5 Å². The van der Waals surface area contributed by atoms with Gasteiger partial charge in [0.1, 0.15) is 0 Å². The highest BCUT2D eigenvalue weighted by molar-refractivity contribution is 6.32. The topological polar surface area (TPSA) is 41.9 Å². The summed E-state index contributed by atoms with van der Waals surface area (Å²) >= 11 is 6.02. The van der Waals surface area contributed by atoms with Crippen LogP contribution in [0.3, 0.4) is 0 Å². The number of piperidine rings is 1. The van der Waals surface area contributed by atoms with E-state index in [-0.39, 0.29) is 11.9 Å². The van der Waals surface area contributed by atoms with E-state index in [1.54, 1.807) is 13.2 Å². The number of halogens is 1. The summed E-state index contributed by atoms with van der Waals surface area (Å²) in [6.07, 6.45) is 1.40. The summed E-state index contributed by atoms with van der Waals surface area (Å²) in [5.74, 6) is 1.01. The van der Waals surface area contributed by atoms with Gasteiger partial charge in [-0.3, -0.25) is 4.90 Å². The van der Waals surface area contributed by atoms with Gasteiger partial charge in [0.15, 0.2) is 11.5 Å². The average molecular weight is 300 g/mol. The number of nitrogens with zero attached hydrogens (tertiary/aromatic N) is 1. The predicted octanol–water partition coefficient (Wildman–Crippen LogP) is 2.91. The lowest BCUT2D eigenvalue weighted by Gasteiger charge is -2.36. The van der Waals surface area contributed by atoms with Gasteiger partial charge in [0.2, 0.25) is 0 Å². The minimum absolute atomic E-state index is 0.0000453. The van der Waals surface area contributed by atoms with Crippen molar-refractivity contribution in [3.05, 3.63) is 22.7 Å². The first-order valence-electron chi connectivity index (χ1n) is 6.85. The summed E-state index contributed by atoms with van der Waals surface area (Å²) in [4.78, 5) is 2.34. The first kappa shape index (κ1) is 15.4. The quantitative estimate of drug-likeness (QED) is 0.928. The summed E-state index contributed by atoms with van der Waals surface area (Å²) < 4.78 is 10.7. The molecule has 0 aromatic heterocycles. The van der Waals surface area contributed by atoms with Crippen LogP contribution in [-0.4, -0.2) is 43.4 Å². The Balaban J connectivity index is 2.08. The number of hydrogen-bond donors (Lipinski definition) is 1. The van der Waals surface area contributed by atoms with Gasteiger partial charge in [0, 0.05) is 20.2 Å². The monoisotopic (exact) mass is 299 g/mol. The van der Waals surface area contributed by atoms with Gasteiger partial charge >= 0.3 is 0 Å². The molecule has 1 aliphatic heterocycles. The van der Waals surface area contributed by atoms with E-state index in [1.807, 2.05) is 6.07 Å². The maximum absolute atomic E-state index is 9.75. The van der Waals surface area contributed by atoms with E-state index in [2.05, 4.69) is 11.8 Å². The van der Waals surface area contributed by atoms with Crippen molar-refractivity contribution in [3.63, 3.8) is 0 Å². The van der Waals surface area contributed by atoms with Gasteiger partial charge in [-0.1, -0.05) is 18.5 Å². The standard InChI is InChI=1S/C15H22ClNO3/c1-10-4-5-17(9-14(10)20-3)8-11-6-12(16)15(18)13(7-11)19-2/h6-7,10,14,18H,4-5,8-9H2,1-3H3. The van der Waals surface area contributed by atoms with Crippen molar-refractivity contribution in [2.75, 3.05) is 27.3 Å². The van der Waals surface area contributed by atoms with Crippen LogP contribution in [-0.2, 0) is 11.3 Å². The lowest BCUT2D eigenvalue weighted by Crippen LogP contribution is -2.43. The minimum atomic E-state index is -0.0000453. The zero-order valence-corrected chi connectivity index (χ0v) is 13.0. The summed E-state index contributed by atoms with van der Waals surface area (Å²) in [6, 6.07) is 3.63. The molecule has 20 heavy (non-hydrogen) atoms. The molecular weight excluding hydrogens is 278 g/mol. The van der Waals surface area contributed by atoms with Crippen LogP contribution in [0.25, 0.3) is 0 Å². The molecule has 0 radical (unpaired) electrons. The number of phenolic OH excluding ortho intramolecular Hbond substituents is 1. The lowest BCUT2D eigenvalue weighted by atomic mass is 9.95. The first-order valence-corrected chi connectivity index (χ1v) is 7.23. The number of phenols is 1. The van der Waals surface area contributed by atoms with Gasteiger partial charge in [-0.15, -0.1) is 0 Å². The van der Waals surface area contributed by atoms with Crippen molar-refractivity contribution >= 4 is 11.6 Å². The Morgan fingerprint density at radius 3 is 2.80 bits per heavy atom. The Morgan fingerprint density at radius 2 is 2.15 bits per heavy atom. The molecule has 112 valence electrons. The maximum Gasteiger partial charge on any atom is 0.176 e. The van der Waals surface area contributed by atoms with Crippen molar-refractivity contribution in [1.29, 1.82) is 0 Å². The molecule has 4 nitrogen and oxygen atoms in total. The van der Waals surface area contributed by atoms with Gasteiger partial charge in [-0.25, -0.2) is 0 Å². The fraction of sp³-hybridized carbons (Fsp3) is 0.600. The average Bonchev–Trinajstić information content (AvgIpc) is 2.44. The van der Waals surface area contributed by atoms with E-state index in [4.69, 9.17) is 21.1 Å². The molecule has 0 saturated carbocycles. The van der Waals surface area contributed by atoms with Crippen LogP contribution in [0, 0.1) is 5.92 Å². The molecule has 0 spiro atoms. The van der Waals surface area contributed by atoms with E-state index in [1.165, 1.54) is 7.11 Å². The van der Waals surface area contributed by atoms with E-state index in [9.17, 15) is 5.11 Å². The zero-order chi connectivity index (χ0) is 14.7. The van der Waals surface area contributed by atoms with Crippen molar-refractivity contribution in [3.8, 4) is 11.5 Å². The number of aromatic hydroxyl groups is 1. The van der Waals surface area contributed by atoms with Crippen LogP contribution >= 0.6 is 11.6 Å². The SMILES string of the molecule is COc1cc(CN2CCC(C)C(OC)C2)cc(Cl)c1O. The number of rotatable bonds is 4. The predicted molar refractivity (Wildman–Crippen MR) is 79.5 cm³/mol. The molecule has 0 amide bonds. The molecule has 2 unspecified atom stereocenters. The smallest absolute Gasteiger partial charge is 0.176 e. The largest absolute Gasteiger partial charge is 0.503 e. The molecule has 1 heterocycles. The Kier molecular flexibility index (Phi) is 5.13. The van der Waals surface area contributed by atoms with Crippen molar-refractivity contribution < 1.29 is 14.6 Å².